The average molecular weight is 735 g/mol. The molecule has 1 aromatic heterocycles. The van der Waals surface area contributed by atoms with Crippen molar-refractivity contribution in [3.63, 3.8) is 0 Å². The molecule has 1 aliphatic rings. The van der Waals surface area contributed by atoms with Crippen LogP contribution in [0.4, 0.5) is 20.2 Å². The van der Waals surface area contributed by atoms with Gasteiger partial charge in [0.2, 0.25) is 16.9 Å². The number of hydrogen-bond donors (Lipinski definition) is 3. The van der Waals surface area contributed by atoms with Crippen LogP contribution in [0.3, 0.4) is 0 Å². The molecule has 0 aliphatic heterocycles. The molecule has 5 rings (SSSR count). The van der Waals surface area contributed by atoms with Crippen molar-refractivity contribution in [2.75, 3.05) is 30.1 Å². The number of methoxy groups -OCH3 is 1. The summed E-state index contributed by atoms with van der Waals surface area (Å²) in [6.45, 7) is 4.39. The molecular formula is C39H44F2N4O6S. The van der Waals surface area contributed by atoms with E-state index >= 15 is 4.39 Å². The Morgan fingerprint density at radius 2 is 1.52 bits per heavy atom. The van der Waals surface area contributed by atoms with Gasteiger partial charge in [-0.15, -0.1) is 0 Å². The molecule has 10 nitrogen and oxygen atoms in total. The average Bonchev–Trinajstić information content (AvgIpc) is 3.95. The van der Waals surface area contributed by atoms with E-state index < -0.39 is 34.9 Å². The monoisotopic (exact) mass is 734 g/mol. The summed E-state index contributed by atoms with van der Waals surface area (Å²) in [6, 6.07) is 13.9. The van der Waals surface area contributed by atoms with Gasteiger partial charge < -0.3 is 30.6 Å². The minimum Gasteiger partial charge on any atom is -0.493 e. The van der Waals surface area contributed by atoms with Gasteiger partial charge in [0.15, 0.2) is 23.1 Å². The van der Waals surface area contributed by atoms with Crippen molar-refractivity contribution in [2.45, 2.75) is 64.8 Å². The normalized spacial score (nSPS) is 13.8. The molecule has 0 bridgehead atoms. The van der Waals surface area contributed by atoms with Gasteiger partial charge in [-0.25, -0.2) is 8.78 Å². The molecule has 4 N–H and O–H groups in total. The largest absolute Gasteiger partial charge is 0.493 e. The molecule has 13 heteroatoms. The number of fused-ring (bicyclic) bond motifs is 1. The summed E-state index contributed by atoms with van der Waals surface area (Å²) in [5.74, 6) is -0.0436. The summed E-state index contributed by atoms with van der Waals surface area (Å²) in [5.41, 5.74) is 5.72. The number of nitrogens with zero attached hydrogens (tertiary/aromatic N) is 1. The maximum absolute atomic E-state index is 15.3. The summed E-state index contributed by atoms with van der Waals surface area (Å²) in [5, 5.41) is 5.92. The third-order valence-corrected chi connectivity index (χ3v) is 9.95. The number of amides is 2. The minimum atomic E-state index is -1.29. The Balaban J connectivity index is 1.13. The number of hydrogen-bond acceptors (Lipinski definition) is 9. The number of benzene rings is 3. The molecule has 0 unspecified atom stereocenters. The first-order chi connectivity index (χ1) is 25.0. The molecule has 1 fully saturated rings. The molecule has 4 aromatic rings. The Hall–Kier alpha value is -4.75. The molecule has 1 heterocycles. The van der Waals surface area contributed by atoms with Crippen molar-refractivity contribution in [3.8, 4) is 23.0 Å². The predicted octanol–water partition coefficient (Wildman–Crippen LogP) is 8.24. The highest BCUT2D eigenvalue weighted by Gasteiger charge is 2.56. The lowest BCUT2D eigenvalue weighted by Gasteiger charge is -2.16. The Morgan fingerprint density at radius 3 is 2.19 bits per heavy atom. The van der Waals surface area contributed by atoms with Gasteiger partial charge in [-0.1, -0.05) is 44.9 Å². The number of carbonyl (C=O) groups excluding carboxylic acids is 3. The second kappa shape index (κ2) is 17.6. The highest BCUT2D eigenvalue weighted by atomic mass is 32.2. The molecule has 0 radical (unpaired) electrons. The van der Waals surface area contributed by atoms with Gasteiger partial charge in [0.05, 0.1) is 25.3 Å². The van der Waals surface area contributed by atoms with E-state index in [9.17, 15) is 18.8 Å². The van der Waals surface area contributed by atoms with E-state index in [0.29, 0.717) is 53.3 Å². The molecule has 3 aromatic carbocycles. The van der Waals surface area contributed by atoms with Gasteiger partial charge in [-0.2, -0.15) is 0 Å². The van der Waals surface area contributed by atoms with Gasteiger partial charge in [0, 0.05) is 40.8 Å². The predicted molar refractivity (Wildman–Crippen MR) is 199 cm³/mol. The number of rotatable bonds is 18. The smallest absolute Gasteiger partial charge is 0.240 e. The number of halogens is 2. The second-order valence-corrected chi connectivity index (χ2v) is 14.2. The highest BCUT2D eigenvalue weighted by Crippen LogP contribution is 2.48. The van der Waals surface area contributed by atoms with Crippen LogP contribution < -0.4 is 30.6 Å². The van der Waals surface area contributed by atoms with Crippen molar-refractivity contribution in [1.29, 1.82) is 0 Å². The molecule has 52 heavy (non-hydrogen) atoms. The Labute approximate surface area is 306 Å². The topological polar surface area (TPSA) is 142 Å². The fourth-order valence-electron chi connectivity index (χ4n) is 5.44. The van der Waals surface area contributed by atoms with Crippen molar-refractivity contribution < 1.29 is 37.4 Å². The van der Waals surface area contributed by atoms with Crippen molar-refractivity contribution in [3.05, 3.63) is 78.5 Å². The first-order valence-corrected chi connectivity index (χ1v) is 18.4. The van der Waals surface area contributed by atoms with Gasteiger partial charge in [-0.05, 0) is 80.1 Å². The summed E-state index contributed by atoms with van der Waals surface area (Å²) >= 11 is 1.32. The van der Waals surface area contributed by atoms with Crippen molar-refractivity contribution in [1.82, 2.24) is 4.98 Å². The number of nitrogens with two attached hydrogens (primary N) is 1. The van der Waals surface area contributed by atoms with E-state index in [-0.39, 0.29) is 22.5 Å². The molecule has 276 valence electrons. The van der Waals surface area contributed by atoms with E-state index in [1.807, 2.05) is 13.8 Å². The first kappa shape index (κ1) is 38.5. The van der Waals surface area contributed by atoms with Gasteiger partial charge in [-0.3, -0.25) is 19.4 Å². The Bertz CT molecular complexity index is 1890. The van der Waals surface area contributed by atoms with E-state index in [1.54, 1.807) is 24.4 Å². The van der Waals surface area contributed by atoms with Crippen molar-refractivity contribution >= 4 is 51.0 Å². The summed E-state index contributed by atoms with van der Waals surface area (Å²) < 4.78 is 46.1. The van der Waals surface area contributed by atoms with Crippen LogP contribution in [0.1, 0.15) is 58.8 Å². The number of aromatic nitrogens is 1. The van der Waals surface area contributed by atoms with Crippen LogP contribution in [0.25, 0.3) is 10.9 Å². The van der Waals surface area contributed by atoms with Crippen LogP contribution in [0.5, 0.6) is 23.0 Å². The van der Waals surface area contributed by atoms with Crippen LogP contribution in [-0.4, -0.2) is 47.4 Å². The fourth-order valence-corrected chi connectivity index (χ4v) is 6.46. The van der Waals surface area contributed by atoms with Crippen LogP contribution in [0.15, 0.2) is 66.9 Å². The lowest BCUT2D eigenvalue weighted by Crippen LogP contribution is -2.35. The zero-order valence-electron chi connectivity index (χ0n) is 29.5. The molecule has 1 aliphatic carbocycles. The first-order valence-electron chi connectivity index (χ1n) is 17.4. The number of pyridine rings is 1. The zero-order valence-corrected chi connectivity index (χ0v) is 30.3. The van der Waals surface area contributed by atoms with Gasteiger partial charge >= 0.3 is 0 Å². The van der Waals surface area contributed by atoms with Crippen LogP contribution in [0.2, 0.25) is 0 Å². The molecule has 2 amide bonds. The molecular weight excluding hydrogens is 691 g/mol. The zero-order chi connectivity index (χ0) is 37.3. The summed E-state index contributed by atoms with van der Waals surface area (Å²) in [7, 11) is 1.53. The van der Waals surface area contributed by atoms with Crippen LogP contribution in [0, 0.1) is 23.0 Å². The maximum atomic E-state index is 15.3. The van der Waals surface area contributed by atoms with Gasteiger partial charge in [0.25, 0.3) is 0 Å². The number of nitrogens with one attached hydrogen (secondary N) is 2. The summed E-state index contributed by atoms with van der Waals surface area (Å²) in [6.07, 6.45) is 7.08. The maximum Gasteiger partial charge on any atom is 0.240 e. The van der Waals surface area contributed by atoms with Crippen molar-refractivity contribution in [2.24, 2.45) is 17.1 Å². The number of thioether (sulfide) groups is 1. The molecule has 1 atom stereocenters. The van der Waals surface area contributed by atoms with Crippen LogP contribution in [-0.2, 0) is 14.4 Å². The number of anilines is 2. The Kier molecular flexibility index (Phi) is 13.1. The lowest BCUT2D eigenvalue weighted by atomic mass is 10.0. The SMILES string of the molecule is COc1cc2c(Oc3ccc(NC(=O)C4(C(=O)Nc5ccc(F)cc5)CC4)cc3F)ccnc2cc1OCCCCCCCSC(=O)[C@@H](N)C(C)C. The van der Waals surface area contributed by atoms with E-state index in [0.717, 1.165) is 43.9 Å². The minimum absolute atomic E-state index is 0.0578. The van der Waals surface area contributed by atoms with Gasteiger partial charge in [0.1, 0.15) is 17.0 Å². The fraction of sp³-hybridized carbons (Fsp3) is 0.385. The Morgan fingerprint density at radius 1 is 0.846 bits per heavy atom. The third-order valence-electron chi connectivity index (χ3n) is 8.90. The highest BCUT2D eigenvalue weighted by molar-refractivity contribution is 8.13. The van der Waals surface area contributed by atoms with Crippen LogP contribution >= 0.6 is 11.8 Å². The standard InChI is InChI=1S/C39H44F2N4O6S/c1-24(2)35(42)36(46)52-20-8-6-4-5-7-19-50-34-23-30-28(22-33(34)49-3)31(15-18-43-30)51-32-14-13-27(21-29(32)41)45-38(48)39(16-17-39)37(47)44-26-11-9-25(40)10-12-26/h9-15,18,21-24,35H,4-8,16-17,19-20,42H2,1-3H3,(H,44,47)(H,45,48)/t35-/m0/s1. The molecule has 0 spiro atoms. The number of ether oxygens (including phenoxy) is 3. The summed E-state index contributed by atoms with van der Waals surface area (Å²) in [4.78, 5) is 42.4. The second-order valence-electron chi connectivity index (χ2n) is 13.1. The number of unbranched alkanes of at least 4 members (excludes halogenated alkanes) is 4. The van der Waals surface area contributed by atoms with E-state index in [2.05, 4.69) is 15.6 Å². The quantitative estimate of drug-likeness (QED) is 0.0681. The van der Waals surface area contributed by atoms with E-state index in [1.165, 1.54) is 55.3 Å². The molecule has 1 saturated carbocycles. The van der Waals surface area contributed by atoms with E-state index in [4.69, 9.17) is 19.9 Å². The number of carbonyl (C=O) groups is 3. The third kappa shape index (κ3) is 9.77. The molecule has 0 saturated heterocycles. The lowest BCUT2D eigenvalue weighted by molar-refractivity contribution is -0.131.